The largest absolute Gasteiger partial charge is 0.329 e. The minimum Gasteiger partial charge on any atom is -0.329 e. The van der Waals surface area contributed by atoms with Gasteiger partial charge in [-0.3, -0.25) is 0 Å². The summed E-state index contributed by atoms with van der Waals surface area (Å²) < 4.78 is 0. The zero-order valence-electron chi connectivity index (χ0n) is 9.78. The molecule has 0 aliphatic carbocycles. The van der Waals surface area contributed by atoms with Gasteiger partial charge in [-0.1, -0.05) is 0 Å². The Morgan fingerprint density at radius 3 is 2.40 bits per heavy atom. The number of nitrogens with two attached hydrogens (primary N) is 1. The summed E-state index contributed by atoms with van der Waals surface area (Å²) >= 11 is 0. The van der Waals surface area contributed by atoms with E-state index in [9.17, 15) is 4.79 Å². The quantitative estimate of drug-likeness (QED) is 0.697. The third-order valence-electron chi connectivity index (χ3n) is 2.83. The SMILES string of the molecule is CCN(CCN)C(=O)N1CCN(C)CC1. The van der Waals surface area contributed by atoms with Gasteiger partial charge in [-0.15, -0.1) is 0 Å². The number of amides is 2. The summed E-state index contributed by atoms with van der Waals surface area (Å²) in [5, 5.41) is 0. The molecule has 1 rings (SSSR count). The van der Waals surface area contributed by atoms with Crippen molar-refractivity contribution in [2.45, 2.75) is 6.92 Å². The van der Waals surface area contributed by atoms with E-state index in [1.165, 1.54) is 0 Å². The predicted octanol–water partition coefficient (Wildman–Crippen LogP) is -0.366. The Morgan fingerprint density at radius 1 is 1.33 bits per heavy atom. The molecular weight excluding hydrogens is 192 g/mol. The molecule has 5 nitrogen and oxygen atoms in total. The normalized spacial score (nSPS) is 17.9. The number of hydrogen-bond acceptors (Lipinski definition) is 3. The lowest BCUT2D eigenvalue weighted by Crippen LogP contribution is -2.52. The zero-order chi connectivity index (χ0) is 11.3. The number of likely N-dealkylation sites (N-methyl/N-ethyl adjacent to an activating group) is 2. The van der Waals surface area contributed by atoms with Crippen LogP contribution in [0.4, 0.5) is 4.79 Å². The maximum Gasteiger partial charge on any atom is 0.320 e. The molecule has 0 atom stereocenters. The van der Waals surface area contributed by atoms with Crippen LogP contribution in [0.25, 0.3) is 0 Å². The Balaban J connectivity index is 2.44. The van der Waals surface area contributed by atoms with Crippen molar-refractivity contribution in [3.8, 4) is 0 Å². The molecule has 1 aliphatic heterocycles. The molecule has 1 fully saturated rings. The highest BCUT2D eigenvalue weighted by Crippen LogP contribution is 2.03. The first-order chi connectivity index (χ1) is 7.19. The minimum absolute atomic E-state index is 0.135. The van der Waals surface area contributed by atoms with Gasteiger partial charge in [-0.25, -0.2) is 4.79 Å². The molecule has 0 aromatic carbocycles. The monoisotopic (exact) mass is 214 g/mol. The predicted molar refractivity (Wildman–Crippen MR) is 60.8 cm³/mol. The summed E-state index contributed by atoms with van der Waals surface area (Å²) in [7, 11) is 2.08. The van der Waals surface area contributed by atoms with Gasteiger partial charge in [0.2, 0.25) is 0 Å². The van der Waals surface area contributed by atoms with Gasteiger partial charge in [0.15, 0.2) is 0 Å². The van der Waals surface area contributed by atoms with Crippen LogP contribution in [0, 0.1) is 0 Å². The average molecular weight is 214 g/mol. The first-order valence-electron chi connectivity index (χ1n) is 5.61. The van der Waals surface area contributed by atoms with E-state index in [4.69, 9.17) is 5.73 Å². The van der Waals surface area contributed by atoms with Crippen LogP contribution in [0.5, 0.6) is 0 Å². The Labute approximate surface area is 91.8 Å². The van der Waals surface area contributed by atoms with Gasteiger partial charge in [0.25, 0.3) is 0 Å². The number of nitrogens with zero attached hydrogens (tertiary/aromatic N) is 3. The van der Waals surface area contributed by atoms with Crippen LogP contribution >= 0.6 is 0 Å². The van der Waals surface area contributed by atoms with Crippen LogP contribution in [0.15, 0.2) is 0 Å². The van der Waals surface area contributed by atoms with Crippen LogP contribution in [-0.4, -0.2) is 73.6 Å². The van der Waals surface area contributed by atoms with Crippen LogP contribution in [0.3, 0.4) is 0 Å². The Hall–Kier alpha value is -0.810. The third kappa shape index (κ3) is 3.35. The van der Waals surface area contributed by atoms with Crippen molar-refractivity contribution in [2.24, 2.45) is 5.73 Å². The molecule has 1 saturated heterocycles. The highest BCUT2D eigenvalue weighted by Gasteiger charge is 2.22. The number of urea groups is 1. The van der Waals surface area contributed by atoms with Gasteiger partial charge in [0.1, 0.15) is 0 Å². The molecule has 1 heterocycles. The minimum atomic E-state index is 0.135. The first kappa shape index (κ1) is 12.3. The van der Waals surface area contributed by atoms with Crippen LogP contribution in [0.1, 0.15) is 6.92 Å². The molecule has 5 heteroatoms. The van der Waals surface area contributed by atoms with E-state index in [1.807, 2.05) is 16.7 Å². The average Bonchev–Trinajstić information content (AvgIpc) is 2.26. The lowest BCUT2D eigenvalue weighted by Gasteiger charge is -2.35. The number of rotatable bonds is 3. The van der Waals surface area contributed by atoms with Crippen molar-refractivity contribution < 1.29 is 4.79 Å². The molecule has 2 N–H and O–H groups in total. The van der Waals surface area contributed by atoms with Gasteiger partial charge in [-0.2, -0.15) is 0 Å². The Bertz CT molecular complexity index is 202. The van der Waals surface area contributed by atoms with Crippen molar-refractivity contribution in [3.63, 3.8) is 0 Å². The molecule has 0 unspecified atom stereocenters. The number of piperazine rings is 1. The third-order valence-corrected chi connectivity index (χ3v) is 2.83. The molecular formula is C10H22N4O. The van der Waals surface area contributed by atoms with Crippen molar-refractivity contribution in [2.75, 3.05) is 52.9 Å². The van der Waals surface area contributed by atoms with E-state index in [0.717, 1.165) is 32.7 Å². The molecule has 0 saturated carbocycles. The van der Waals surface area contributed by atoms with Gasteiger partial charge < -0.3 is 20.4 Å². The van der Waals surface area contributed by atoms with Crippen LogP contribution in [0.2, 0.25) is 0 Å². The summed E-state index contributed by atoms with van der Waals surface area (Å²) in [6.45, 7) is 7.51. The first-order valence-corrected chi connectivity index (χ1v) is 5.61. The molecule has 0 spiro atoms. The zero-order valence-corrected chi connectivity index (χ0v) is 9.78. The lowest BCUT2D eigenvalue weighted by molar-refractivity contribution is 0.124. The standard InChI is InChI=1S/C10H22N4O/c1-3-13(5-4-11)10(15)14-8-6-12(2)7-9-14/h3-9,11H2,1-2H3. The fourth-order valence-electron chi connectivity index (χ4n) is 1.74. The number of hydrogen-bond donors (Lipinski definition) is 1. The van der Waals surface area contributed by atoms with Crippen molar-refractivity contribution in [3.05, 3.63) is 0 Å². The second kappa shape index (κ2) is 5.92. The van der Waals surface area contributed by atoms with E-state index < -0.39 is 0 Å². The highest BCUT2D eigenvalue weighted by atomic mass is 16.2. The maximum absolute atomic E-state index is 12.0. The van der Waals surface area contributed by atoms with Crippen LogP contribution < -0.4 is 5.73 Å². The van der Waals surface area contributed by atoms with Crippen molar-refractivity contribution in [1.29, 1.82) is 0 Å². The fourth-order valence-corrected chi connectivity index (χ4v) is 1.74. The molecule has 88 valence electrons. The molecule has 1 aliphatic rings. The van der Waals surface area contributed by atoms with E-state index >= 15 is 0 Å². The molecule has 0 radical (unpaired) electrons. The second-order valence-electron chi connectivity index (χ2n) is 3.94. The summed E-state index contributed by atoms with van der Waals surface area (Å²) in [6, 6.07) is 0.135. The molecule has 2 amide bonds. The summed E-state index contributed by atoms with van der Waals surface area (Å²) in [6.07, 6.45) is 0. The molecule has 0 aromatic rings. The van der Waals surface area contributed by atoms with Crippen LogP contribution in [-0.2, 0) is 0 Å². The Morgan fingerprint density at radius 2 is 1.93 bits per heavy atom. The van der Waals surface area contributed by atoms with E-state index in [1.54, 1.807) is 0 Å². The van der Waals surface area contributed by atoms with Gasteiger partial charge in [0.05, 0.1) is 0 Å². The smallest absolute Gasteiger partial charge is 0.320 e. The van der Waals surface area contributed by atoms with E-state index in [2.05, 4.69) is 11.9 Å². The summed E-state index contributed by atoms with van der Waals surface area (Å²) in [5.74, 6) is 0. The summed E-state index contributed by atoms with van der Waals surface area (Å²) in [4.78, 5) is 18.0. The number of carbonyl (C=O) groups is 1. The van der Waals surface area contributed by atoms with Crippen molar-refractivity contribution in [1.82, 2.24) is 14.7 Å². The molecule has 0 bridgehead atoms. The highest BCUT2D eigenvalue weighted by molar-refractivity contribution is 5.74. The number of carbonyl (C=O) groups excluding carboxylic acids is 1. The Kier molecular flexibility index (Phi) is 4.84. The van der Waals surface area contributed by atoms with E-state index in [-0.39, 0.29) is 6.03 Å². The molecule has 15 heavy (non-hydrogen) atoms. The topological polar surface area (TPSA) is 52.8 Å². The van der Waals surface area contributed by atoms with Gasteiger partial charge >= 0.3 is 6.03 Å². The van der Waals surface area contributed by atoms with E-state index in [0.29, 0.717) is 13.1 Å². The second-order valence-corrected chi connectivity index (χ2v) is 3.94. The van der Waals surface area contributed by atoms with Crippen molar-refractivity contribution >= 4 is 6.03 Å². The fraction of sp³-hybridized carbons (Fsp3) is 0.900. The van der Waals surface area contributed by atoms with Gasteiger partial charge in [-0.05, 0) is 14.0 Å². The lowest BCUT2D eigenvalue weighted by atomic mass is 10.3. The van der Waals surface area contributed by atoms with Gasteiger partial charge in [0, 0.05) is 45.8 Å². The summed E-state index contributed by atoms with van der Waals surface area (Å²) in [5.41, 5.74) is 5.47. The molecule has 0 aromatic heterocycles. The maximum atomic E-state index is 12.0.